The second-order valence-electron chi connectivity index (χ2n) is 7.70. The number of amides is 1. The van der Waals surface area contributed by atoms with Gasteiger partial charge in [-0.25, -0.2) is 0 Å². The summed E-state index contributed by atoms with van der Waals surface area (Å²) < 4.78 is 12.9. The maximum absolute atomic E-state index is 12.7. The van der Waals surface area contributed by atoms with Crippen LogP contribution in [0.4, 0.5) is 0 Å². The first-order valence-electron chi connectivity index (χ1n) is 10.0. The maximum atomic E-state index is 12.7. The molecule has 4 rings (SSSR count). The van der Waals surface area contributed by atoms with Crippen molar-refractivity contribution in [1.29, 1.82) is 0 Å². The number of methoxy groups -OCH3 is 1. The number of furan rings is 1. The van der Waals surface area contributed by atoms with E-state index in [1.807, 2.05) is 49.5 Å². The van der Waals surface area contributed by atoms with Gasteiger partial charge in [0.1, 0.15) is 11.3 Å². The molecule has 1 aromatic carbocycles. The monoisotopic (exact) mass is 396 g/mol. The van der Waals surface area contributed by atoms with E-state index in [-0.39, 0.29) is 17.9 Å². The molecule has 0 saturated carbocycles. The predicted molar refractivity (Wildman–Crippen MR) is 110 cm³/mol. The Bertz CT molecular complexity index is 993. The van der Waals surface area contributed by atoms with Crippen LogP contribution >= 0.6 is 0 Å². The van der Waals surface area contributed by atoms with Crippen molar-refractivity contribution in [3.8, 4) is 0 Å². The largest absolute Gasteiger partial charge is 0.461 e. The van der Waals surface area contributed by atoms with E-state index in [1.54, 1.807) is 11.8 Å². The molecule has 0 radical (unpaired) electrons. The lowest BCUT2D eigenvalue weighted by Gasteiger charge is -2.27. The SMILES string of the molecule is COCCN1C(=O)C[C@@H](CNCc2c(C)oc3ccccc23)[C@@H]1c1cnn(C)c1. The highest BCUT2D eigenvalue weighted by Crippen LogP contribution is 2.37. The van der Waals surface area contributed by atoms with Crippen LogP contribution in [0, 0.1) is 12.8 Å². The fourth-order valence-electron chi connectivity index (χ4n) is 4.37. The van der Waals surface area contributed by atoms with E-state index in [1.165, 1.54) is 5.56 Å². The highest BCUT2D eigenvalue weighted by molar-refractivity contribution is 5.82. The van der Waals surface area contributed by atoms with Gasteiger partial charge in [0.25, 0.3) is 0 Å². The Hall–Kier alpha value is -2.64. The second kappa shape index (κ2) is 8.39. The third-order valence-corrected chi connectivity index (χ3v) is 5.75. The van der Waals surface area contributed by atoms with Crippen molar-refractivity contribution in [3.05, 3.63) is 53.5 Å². The molecule has 2 atom stereocenters. The molecule has 1 N–H and O–H groups in total. The molecule has 2 aromatic heterocycles. The predicted octanol–water partition coefficient (Wildman–Crippen LogP) is 2.80. The summed E-state index contributed by atoms with van der Waals surface area (Å²) in [6.45, 7) is 4.58. The van der Waals surface area contributed by atoms with Gasteiger partial charge in [0.05, 0.1) is 18.8 Å². The van der Waals surface area contributed by atoms with E-state index in [9.17, 15) is 4.79 Å². The number of rotatable bonds is 8. The minimum Gasteiger partial charge on any atom is -0.461 e. The molecule has 3 aromatic rings. The standard InChI is InChI=1S/C22H28N4O3/c1-15-19(18-6-4-5-7-20(18)29-15)13-23-11-16-10-21(27)26(8-9-28-3)22(16)17-12-24-25(2)14-17/h4-7,12,14,16,22-23H,8-11,13H2,1-3H3/t16-,22+/m0/s1. The molecule has 0 aliphatic carbocycles. The Balaban J connectivity index is 1.49. The van der Waals surface area contributed by atoms with E-state index in [4.69, 9.17) is 9.15 Å². The number of likely N-dealkylation sites (tertiary alicyclic amines) is 1. The average molecular weight is 396 g/mol. The molecule has 3 heterocycles. The van der Waals surface area contributed by atoms with Gasteiger partial charge < -0.3 is 19.4 Å². The smallest absolute Gasteiger partial charge is 0.223 e. The number of para-hydroxylation sites is 1. The Kier molecular flexibility index (Phi) is 5.69. The molecule has 0 unspecified atom stereocenters. The number of ether oxygens (including phenoxy) is 1. The molecule has 7 nitrogen and oxygen atoms in total. The highest BCUT2D eigenvalue weighted by atomic mass is 16.5. The first-order valence-corrected chi connectivity index (χ1v) is 10.0. The molecule has 1 aliphatic heterocycles. The van der Waals surface area contributed by atoms with Crippen molar-refractivity contribution >= 4 is 16.9 Å². The lowest BCUT2D eigenvalue weighted by Crippen LogP contribution is -2.33. The van der Waals surface area contributed by atoms with Crippen LogP contribution in [0.3, 0.4) is 0 Å². The third kappa shape index (κ3) is 3.93. The average Bonchev–Trinajstić information content (AvgIpc) is 3.36. The van der Waals surface area contributed by atoms with Crippen LogP contribution in [-0.2, 0) is 23.1 Å². The summed E-state index contributed by atoms with van der Waals surface area (Å²) in [5.74, 6) is 1.29. The van der Waals surface area contributed by atoms with Crippen molar-refractivity contribution in [2.24, 2.45) is 13.0 Å². The zero-order chi connectivity index (χ0) is 20.4. The highest BCUT2D eigenvalue weighted by Gasteiger charge is 2.40. The Morgan fingerprint density at radius 2 is 2.17 bits per heavy atom. The quantitative estimate of drug-likeness (QED) is 0.634. The number of benzene rings is 1. The number of hydrogen-bond donors (Lipinski definition) is 1. The molecule has 29 heavy (non-hydrogen) atoms. The molecule has 1 aliphatic rings. The van der Waals surface area contributed by atoms with Gasteiger partial charge in [-0.3, -0.25) is 9.48 Å². The zero-order valence-corrected chi connectivity index (χ0v) is 17.2. The third-order valence-electron chi connectivity index (χ3n) is 5.75. The van der Waals surface area contributed by atoms with Gasteiger partial charge in [-0.1, -0.05) is 18.2 Å². The van der Waals surface area contributed by atoms with E-state index in [2.05, 4.69) is 16.5 Å². The van der Waals surface area contributed by atoms with Gasteiger partial charge in [0.2, 0.25) is 5.91 Å². The van der Waals surface area contributed by atoms with Crippen molar-refractivity contribution in [2.45, 2.75) is 25.9 Å². The van der Waals surface area contributed by atoms with Gasteiger partial charge in [-0.15, -0.1) is 0 Å². The van der Waals surface area contributed by atoms with Gasteiger partial charge in [0.15, 0.2) is 0 Å². The maximum Gasteiger partial charge on any atom is 0.223 e. The second-order valence-corrected chi connectivity index (χ2v) is 7.70. The Labute approximate surface area is 170 Å². The number of carbonyl (C=O) groups is 1. The Morgan fingerprint density at radius 1 is 1.34 bits per heavy atom. The molecule has 154 valence electrons. The first kappa shape index (κ1) is 19.7. The van der Waals surface area contributed by atoms with Crippen LogP contribution in [0.25, 0.3) is 11.0 Å². The van der Waals surface area contributed by atoms with Crippen LogP contribution in [0.15, 0.2) is 41.1 Å². The zero-order valence-electron chi connectivity index (χ0n) is 17.2. The summed E-state index contributed by atoms with van der Waals surface area (Å²) in [6.07, 6.45) is 4.40. The van der Waals surface area contributed by atoms with Gasteiger partial charge in [-0.05, 0) is 13.0 Å². The summed E-state index contributed by atoms with van der Waals surface area (Å²) >= 11 is 0. The van der Waals surface area contributed by atoms with Gasteiger partial charge in [-0.2, -0.15) is 5.10 Å². The number of aromatic nitrogens is 2. The summed E-state index contributed by atoms with van der Waals surface area (Å²) in [6, 6.07) is 8.11. The van der Waals surface area contributed by atoms with E-state index >= 15 is 0 Å². The molecular formula is C22H28N4O3. The number of fused-ring (bicyclic) bond motifs is 1. The van der Waals surface area contributed by atoms with Gasteiger partial charge >= 0.3 is 0 Å². The fraction of sp³-hybridized carbons (Fsp3) is 0.455. The normalized spacial score (nSPS) is 19.6. The minimum absolute atomic E-state index is 0.0149. The van der Waals surface area contributed by atoms with Crippen molar-refractivity contribution in [3.63, 3.8) is 0 Å². The van der Waals surface area contributed by atoms with Crippen LogP contribution in [0.1, 0.15) is 29.3 Å². The number of aryl methyl sites for hydroxylation is 2. The summed E-state index contributed by atoms with van der Waals surface area (Å²) in [5.41, 5.74) is 3.17. The van der Waals surface area contributed by atoms with Crippen LogP contribution in [-0.4, -0.2) is 47.4 Å². The Morgan fingerprint density at radius 3 is 2.93 bits per heavy atom. The van der Waals surface area contributed by atoms with E-state index in [0.717, 1.165) is 28.8 Å². The molecule has 0 bridgehead atoms. The lowest BCUT2D eigenvalue weighted by atomic mass is 9.95. The molecule has 1 amide bonds. The number of carbonyl (C=O) groups excluding carboxylic acids is 1. The lowest BCUT2D eigenvalue weighted by molar-refractivity contribution is -0.129. The van der Waals surface area contributed by atoms with E-state index in [0.29, 0.717) is 26.1 Å². The van der Waals surface area contributed by atoms with Crippen LogP contribution in [0.5, 0.6) is 0 Å². The molecule has 7 heteroatoms. The fourth-order valence-corrected chi connectivity index (χ4v) is 4.37. The molecule has 0 spiro atoms. The number of nitrogens with one attached hydrogen (secondary N) is 1. The van der Waals surface area contributed by atoms with Crippen LogP contribution in [0.2, 0.25) is 0 Å². The first-order chi connectivity index (χ1) is 14.1. The molecule has 1 fully saturated rings. The summed E-state index contributed by atoms with van der Waals surface area (Å²) in [5, 5.41) is 9.03. The minimum atomic E-state index is 0.0149. The molecule has 1 saturated heterocycles. The number of nitrogens with zero attached hydrogens (tertiary/aromatic N) is 3. The number of hydrogen-bond acceptors (Lipinski definition) is 5. The summed E-state index contributed by atoms with van der Waals surface area (Å²) in [7, 11) is 3.57. The topological polar surface area (TPSA) is 72.5 Å². The van der Waals surface area contributed by atoms with Crippen molar-refractivity contribution < 1.29 is 13.9 Å². The molecular weight excluding hydrogens is 368 g/mol. The van der Waals surface area contributed by atoms with Gasteiger partial charge in [0, 0.05) is 68.8 Å². The summed E-state index contributed by atoms with van der Waals surface area (Å²) in [4.78, 5) is 14.6. The van der Waals surface area contributed by atoms with Crippen molar-refractivity contribution in [1.82, 2.24) is 20.0 Å². The van der Waals surface area contributed by atoms with Crippen molar-refractivity contribution in [2.75, 3.05) is 26.8 Å². The van der Waals surface area contributed by atoms with Crippen LogP contribution < -0.4 is 5.32 Å². The van der Waals surface area contributed by atoms with E-state index < -0.39 is 0 Å².